The Morgan fingerprint density at radius 2 is 2.17 bits per heavy atom. The van der Waals surface area contributed by atoms with Crippen LogP contribution in [0, 0.1) is 0 Å². The van der Waals surface area contributed by atoms with Gasteiger partial charge in [0.25, 0.3) is 0 Å². The lowest BCUT2D eigenvalue weighted by atomic mass is 10.2. The summed E-state index contributed by atoms with van der Waals surface area (Å²) in [7, 11) is 0. The van der Waals surface area contributed by atoms with E-state index in [2.05, 4.69) is 11.9 Å². The highest BCUT2D eigenvalue weighted by atomic mass is 17.2. The van der Waals surface area contributed by atoms with Crippen molar-refractivity contribution in [3.05, 3.63) is 12.7 Å². The van der Waals surface area contributed by atoms with E-state index in [0.29, 0.717) is 0 Å². The van der Waals surface area contributed by atoms with Gasteiger partial charge in [-0.15, -0.1) is 0 Å². The maximum atomic E-state index is 10.6. The van der Waals surface area contributed by atoms with Crippen LogP contribution in [0.2, 0.25) is 0 Å². The largest absolute Gasteiger partial charge is 0.327 e. The second-order valence-corrected chi connectivity index (χ2v) is 3.20. The summed E-state index contributed by atoms with van der Waals surface area (Å²) in [6, 6.07) is 0. The molecule has 0 unspecified atom stereocenters. The summed E-state index contributed by atoms with van der Waals surface area (Å²) in [6.45, 7) is 8.86. The van der Waals surface area contributed by atoms with Crippen LogP contribution in [-0.4, -0.2) is 18.2 Å². The summed E-state index contributed by atoms with van der Waals surface area (Å²) in [5, 5.41) is 2.40. The summed E-state index contributed by atoms with van der Waals surface area (Å²) in [4.78, 5) is 20.1. The van der Waals surface area contributed by atoms with E-state index >= 15 is 0 Å². The molecule has 0 aliphatic carbocycles. The van der Waals surface area contributed by atoms with Gasteiger partial charge in [-0.2, -0.15) is 0 Å². The fourth-order valence-corrected chi connectivity index (χ4v) is 0.379. The number of rotatable bonds is 4. The predicted octanol–water partition coefficient (Wildman–Crippen LogP) is 0.993. The van der Waals surface area contributed by atoms with Gasteiger partial charge in [0, 0.05) is 0 Å². The van der Waals surface area contributed by atoms with E-state index in [1.54, 1.807) is 0 Å². The van der Waals surface area contributed by atoms with Crippen molar-refractivity contribution in [2.45, 2.75) is 26.4 Å². The number of hydrogen-bond donors (Lipinski definition) is 1. The molecule has 0 saturated carbocycles. The van der Waals surface area contributed by atoms with Crippen LogP contribution in [0.3, 0.4) is 0 Å². The molecule has 4 heteroatoms. The zero-order valence-electron chi connectivity index (χ0n) is 7.72. The number of amides is 1. The van der Waals surface area contributed by atoms with Gasteiger partial charge in [0.1, 0.15) is 0 Å². The van der Waals surface area contributed by atoms with Crippen molar-refractivity contribution in [1.82, 2.24) is 5.32 Å². The molecule has 0 atom stereocenters. The summed E-state index contributed by atoms with van der Waals surface area (Å²) in [6.07, 6.45) is 1.17. The van der Waals surface area contributed by atoms with Crippen molar-refractivity contribution in [2.75, 3.05) is 6.73 Å². The third-order valence-corrected chi connectivity index (χ3v) is 0.800. The van der Waals surface area contributed by atoms with Crippen molar-refractivity contribution in [1.29, 1.82) is 0 Å². The van der Waals surface area contributed by atoms with E-state index < -0.39 is 0 Å². The average molecular weight is 173 g/mol. The Morgan fingerprint density at radius 3 is 2.58 bits per heavy atom. The third-order valence-electron chi connectivity index (χ3n) is 0.800. The van der Waals surface area contributed by atoms with Gasteiger partial charge in [-0.3, -0.25) is 4.79 Å². The lowest BCUT2D eigenvalue weighted by Gasteiger charge is -2.17. The maximum absolute atomic E-state index is 10.6. The molecule has 0 aromatic heterocycles. The Hall–Kier alpha value is -0.870. The first-order valence-electron chi connectivity index (χ1n) is 3.66. The van der Waals surface area contributed by atoms with Crippen molar-refractivity contribution >= 4 is 5.91 Å². The lowest BCUT2D eigenvalue weighted by Crippen LogP contribution is -2.27. The first-order valence-corrected chi connectivity index (χ1v) is 3.66. The molecular formula is C8H15NO3. The van der Waals surface area contributed by atoms with Crippen LogP contribution in [0.15, 0.2) is 12.7 Å². The molecule has 0 saturated heterocycles. The molecule has 0 aromatic rings. The molecule has 0 aromatic carbocycles. The van der Waals surface area contributed by atoms with E-state index in [-0.39, 0.29) is 18.2 Å². The van der Waals surface area contributed by atoms with Gasteiger partial charge >= 0.3 is 0 Å². The molecule has 0 aliphatic rings. The zero-order chi connectivity index (χ0) is 9.61. The molecular weight excluding hydrogens is 158 g/mol. The molecule has 0 fully saturated rings. The maximum Gasteiger partial charge on any atom is 0.245 e. The van der Waals surface area contributed by atoms with E-state index in [1.165, 1.54) is 6.08 Å². The molecule has 0 bridgehead atoms. The number of hydrogen-bond acceptors (Lipinski definition) is 3. The zero-order valence-corrected chi connectivity index (χ0v) is 7.72. The third kappa shape index (κ3) is 7.24. The Morgan fingerprint density at radius 1 is 1.58 bits per heavy atom. The fourth-order valence-electron chi connectivity index (χ4n) is 0.379. The minimum Gasteiger partial charge on any atom is -0.327 e. The van der Waals surface area contributed by atoms with Crippen LogP contribution in [-0.2, 0) is 14.6 Å². The van der Waals surface area contributed by atoms with Crippen molar-refractivity contribution in [2.24, 2.45) is 0 Å². The second kappa shape index (κ2) is 4.90. The van der Waals surface area contributed by atoms with Crippen LogP contribution >= 0.6 is 0 Å². The normalized spacial score (nSPS) is 10.9. The van der Waals surface area contributed by atoms with Crippen LogP contribution in [0.4, 0.5) is 0 Å². The van der Waals surface area contributed by atoms with Crippen LogP contribution < -0.4 is 5.32 Å². The van der Waals surface area contributed by atoms with E-state index in [0.717, 1.165) is 0 Å². The molecule has 0 radical (unpaired) electrons. The summed E-state index contributed by atoms with van der Waals surface area (Å²) < 4.78 is 0. The second-order valence-electron chi connectivity index (χ2n) is 3.20. The first-order chi connectivity index (χ1) is 5.45. The van der Waals surface area contributed by atoms with Gasteiger partial charge in [0.2, 0.25) is 5.91 Å². The highest BCUT2D eigenvalue weighted by Crippen LogP contribution is 2.05. The highest BCUT2D eigenvalue weighted by Gasteiger charge is 2.10. The van der Waals surface area contributed by atoms with E-state index in [1.807, 2.05) is 20.8 Å². The van der Waals surface area contributed by atoms with Gasteiger partial charge in [-0.25, -0.2) is 9.78 Å². The predicted molar refractivity (Wildman–Crippen MR) is 45.1 cm³/mol. The molecule has 0 spiro atoms. The van der Waals surface area contributed by atoms with Gasteiger partial charge in [0.15, 0.2) is 6.73 Å². The van der Waals surface area contributed by atoms with Gasteiger partial charge in [0.05, 0.1) is 5.60 Å². The summed E-state index contributed by atoms with van der Waals surface area (Å²) >= 11 is 0. The van der Waals surface area contributed by atoms with Crippen LogP contribution in [0.25, 0.3) is 0 Å². The molecule has 0 heterocycles. The molecule has 0 aliphatic heterocycles. The molecule has 4 nitrogen and oxygen atoms in total. The molecule has 70 valence electrons. The summed E-state index contributed by atoms with van der Waals surface area (Å²) in [5.74, 6) is -0.285. The molecule has 1 amide bonds. The average Bonchev–Trinajstić information content (AvgIpc) is 1.96. The van der Waals surface area contributed by atoms with E-state index in [9.17, 15) is 4.79 Å². The molecule has 12 heavy (non-hydrogen) atoms. The van der Waals surface area contributed by atoms with Crippen LogP contribution in [0.5, 0.6) is 0 Å². The number of carbonyl (C=O) groups excluding carboxylic acids is 1. The Kier molecular flexibility index (Phi) is 4.54. The highest BCUT2D eigenvalue weighted by molar-refractivity contribution is 5.86. The Labute approximate surface area is 72.5 Å². The van der Waals surface area contributed by atoms with Crippen molar-refractivity contribution in [3.8, 4) is 0 Å². The Bertz CT molecular complexity index is 160. The van der Waals surface area contributed by atoms with Gasteiger partial charge < -0.3 is 5.32 Å². The van der Waals surface area contributed by atoms with Crippen molar-refractivity contribution < 1.29 is 14.6 Å². The monoisotopic (exact) mass is 173 g/mol. The lowest BCUT2D eigenvalue weighted by molar-refractivity contribution is -0.350. The van der Waals surface area contributed by atoms with Crippen LogP contribution in [0.1, 0.15) is 20.8 Å². The standard InChI is InChI=1S/C8H15NO3/c1-5-7(10)9-6-11-12-8(2,3)4/h5H,1,6H2,2-4H3,(H,9,10). The smallest absolute Gasteiger partial charge is 0.245 e. The first kappa shape index (κ1) is 11.1. The molecule has 0 rings (SSSR count). The Balaban J connectivity index is 3.34. The quantitative estimate of drug-likeness (QED) is 0.227. The van der Waals surface area contributed by atoms with Gasteiger partial charge in [-0.05, 0) is 26.8 Å². The van der Waals surface area contributed by atoms with Crippen molar-refractivity contribution in [3.63, 3.8) is 0 Å². The number of nitrogens with one attached hydrogen (secondary N) is 1. The summed E-state index contributed by atoms with van der Waals surface area (Å²) in [5.41, 5.74) is -0.362. The van der Waals surface area contributed by atoms with Gasteiger partial charge in [-0.1, -0.05) is 6.58 Å². The fraction of sp³-hybridized carbons (Fsp3) is 0.625. The minimum atomic E-state index is -0.362. The molecule has 1 N–H and O–H groups in total. The minimum absolute atomic E-state index is 0.0299. The van der Waals surface area contributed by atoms with E-state index in [4.69, 9.17) is 9.78 Å². The SMILES string of the molecule is C=CC(=O)NCOOC(C)(C)C. The number of carbonyl (C=O) groups is 1. The topological polar surface area (TPSA) is 47.6 Å².